The second-order valence-electron chi connectivity index (χ2n) is 4.82. The minimum atomic E-state index is -4.36. The number of phenols is 1. The van der Waals surface area contributed by atoms with Gasteiger partial charge in [-0.25, -0.2) is 0 Å². The Hall–Kier alpha value is -2.69. The Kier molecular flexibility index (Phi) is 3.41. The number of fused-ring (bicyclic) bond motifs is 1. The monoisotopic (exact) mass is 304 g/mol. The van der Waals surface area contributed by atoms with Crippen LogP contribution in [0.25, 0.3) is 10.8 Å². The molecule has 3 aromatic carbocycles. The predicted molar refractivity (Wildman–Crippen MR) is 77.1 cm³/mol. The summed E-state index contributed by atoms with van der Waals surface area (Å²) in [5.74, 6) is 1.01. The first-order valence-corrected chi connectivity index (χ1v) is 6.50. The van der Waals surface area contributed by atoms with Gasteiger partial charge in [0.2, 0.25) is 0 Å². The summed E-state index contributed by atoms with van der Waals surface area (Å²) in [7, 11) is 0. The van der Waals surface area contributed by atoms with Crippen molar-refractivity contribution in [3.8, 4) is 17.2 Å². The third kappa shape index (κ3) is 2.98. The van der Waals surface area contributed by atoms with E-state index < -0.39 is 11.7 Å². The lowest BCUT2D eigenvalue weighted by Crippen LogP contribution is -2.03. The van der Waals surface area contributed by atoms with Gasteiger partial charge in [-0.15, -0.1) is 0 Å². The van der Waals surface area contributed by atoms with Gasteiger partial charge in [0.25, 0.3) is 0 Å². The zero-order valence-corrected chi connectivity index (χ0v) is 11.3. The van der Waals surface area contributed by atoms with Crippen molar-refractivity contribution < 1.29 is 23.0 Å². The normalized spacial score (nSPS) is 11.6. The summed E-state index contributed by atoms with van der Waals surface area (Å²) in [4.78, 5) is 0. The summed E-state index contributed by atoms with van der Waals surface area (Å²) >= 11 is 0. The molecular formula is C17H11F3O2. The van der Waals surface area contributed by atoms with Crippen molar-refractivity contribution in [2.75, 3.05) is 0 Å². The molecule has 2 nitrogen and oxygen atoms in total. The summed E-state index contributed by atoms with van der Waals surface area (Å²) in [5, 5.41) is 11.1. The highest BCUT2D eigenvalue weighted by Gasteiger charge is 2.30. The van der Waals surface area contributed by atoms with E-state index in [4.69, 9.17) is 4.74 Å². The van der Waals surface area contributed by atoms with Crippen molar-refractivity contribution in [2.45, 2.75) is 6.18 Å². The molecule has 0 atom stereocenters. The van der Waals surface area contributed by atoms with Gasteiger partial charge in [-0.05, 0) is 59.3 Å². The van der Waals surface area contributed by atoms with E-state index in [1.165, 1.54) is 12.1 Å². The molecule has 0 aliphatic rings. The fraction of sp³-hybridized carbons (Fsp3) is 0.0588. The highest BCUT2D eigenvalue weighted by Crippen LogP contribution is 2.32. The van der Waals surface area contributed by atoms with E-state index in [1.54, 1.807) is 36.4 Å². The van der Waals surface area contributed by atoms with Gasteiger partial charge in [0.05, 0.1) is 5.56 Å². The molecule has 0 saturated carbocycles. The summed E-state index contributed by atoms with van der Waals surface area (Å²) in [6.45, 7) is 0. The molecule has 0 heterocycles. The number of ether oxygens (including phenoxy) is 1. The second-order valence-corrected chi connectivity index (χ2v) is 4.82. The van der Waals surface area contributed by atoms with E-state index in [-0.39, 0.29) is 5.75 Å². The van der Waals surface area contributed by atoms with Crippen molar-refractivity contribution in [3.63, 3.8) is 0 Å². The third-order valence-corrected chi connectivity index (χ3v) is 3.21. The number of hydrogen-bond donors (Lipinski definition) is 1. The fourth-order valence-electron chi connectivity index (χ4n) is 2.12. The highest BCUT2D eigenvalue weighted by atomic mass is 19.4. The molecular weight excluding hydrogens is 293 g/mol. The van der Waals surface area contributed by atoms with Crippen LogP contribution < -0.4 is 4.74 Å². The molecule has 0 radical (unpaired) electrons. The van der Waals surface area contributed by atoms with Crippen LogP contribution in [-0.4, -0.2) is 5.11 Å². The van der Waals surface area contributed by atoms with E-state index in [1.807, 2.05) is 0 Å². The van der Waals surface area contributed by atoms with Gasteiger partial charge in [-0.3, -0.25) is 0 Å². The quantitative estimate of drug-likeness (QED) is 0.691. The van der Waals surface area contributed by atoms with E-state index in [0.29, 0.717) is 11.5 Å². The van der Waals surface area contributed by atoms with Crippen LogP contribution in [0.4, 0.5) is 13.2 Å². The lowest BCUT2D eigenvalue weighted by molar-refractivity contribution is -0.137. The molecule has 22 heavy (non-hydrogen) atoms. The average Bonchev–Trinajstić information content (AvgIpc) is 2.47. The van der Waals surface area contributed by atoms with Gasteiger partial charge in [-0.1, -0.05) is 12.1 Å². The molecule has 112 valence electrons. The first kappa shape index (κ1) is 14.3. The second kappa shape index (κ2) is 5.26. The summed E-state index contributed by atoms with van der Waals surface area (Å²) in [6.07, 6.45) is -4.36. The van der Waals surface area contributed by atoms with Crippen LogP contribution in [0, 0.1) is 0 Å². The maximum Gasteiger partial charge on any atom is 0.416 e. The largest absolute Gasteiger partial charge is 0.508 e. The Bertz CT molecular complexity index is 808. The number of halogens is 3. The molecule has 0 aliphatic carbocycles. The van der Waals surface area contributed by atoms with Crippen molar-refractivity contribution in [2.24, 2.45) is 0 Å². The maximum absolute atomic E-state index is 12.5. The lowest BCUT2D eigenvalue weighted by Gasteiger charge is -2.09. The van der Waals surface area contributed by atoms with Crippen LogP contribution in [0.2, 0.25) is 0 Å². The van der Waals surface area contributed by atoms with Gasteiger partial charge in [0.1, 0.15) is 17.2 Å². The van der Waals surface area contributed by atoms with Gasteiger partial charge in [0, 0.05) is 0 Å². The molecule has 0 unspecified atom stereocenters. The van der Waals surface area contributed by atoms with E-state index in [0.717, 1.165) is 22.9 Å². The van der Waals surface area contributed by atoms with Gasteiger partial charge >= 0.3 is 6.18 Å². The number of phenolic OH excluding ortho intramolecular Hbond substituents is 1. The van der Waals surface area contributed by atoms with Crippen LogP contribution in [0.1, 0.15) is 5.56 Å². The summed E-state index contributed by atoms with van der Waals surface area (Å²) < 4.78 is 43.0. The highest BCUT2D eigenvalue weighted by molar-refractivity contribution is 5.85. The van der Waals surface area contributed by atoms with E-state index >= 15 is 0 Å². The molecule has 0 aromatic heterocycles. The molecule has 0 saturated heterocycles. The van der Waals surface area contributed by atoms with Gasteiger partial charge in [0.15, 0.2) is 0 Å². The fourth-order valence-corrected chi connectivity index (χ4v) is 2.12. The molecule has 0 bridgehead atoms. The minimum Gasteiger partial charge on any atom is -0.508 e. The van der Waals surface area contributed by atoms with Crippen LogP contribution in [0.5, 0.6) is 17.2 Å². The predicted octanol–water partition coefficient (Wildman–Crippen LogP) is 5.36. The van der Waals surface area contributed by atoms with Crippen molar-refractivity contribution in [3.05, 3.63) is 66.2 Å². The Labute approximate surface area is 124 Å². The molecule has 0 aliphatic heterocycles. The first-order chi connectivity index (χ1) is 10.4. The Morgan fingerprint density at radius 2 is 1.32 bits per heavy atom. The smallest absolute Gasteiger partial charge is 0.416 e. The van der Waals surface area contributed by atoms with Crippen LogP contribution in [0.3, 0.4) is 0 Å². The van der Waals surface area contributed by atoms with Crippen LogP contribution in [-0.2, 0) is 6.18 Å². The summed E-state index contributed by atoms with van der Waals surface area (Å²) in [5.41, 5.74) is -0.714. The van der Waals surface area contributed by atoms with Crippen molar-refractivity contribution in [1.82, 2.24) is 0 Å². The molecule has 3 aromatic rings. The number of aromatic hydroxyl groups is 1. The molecule has 0 amide bonds. The maximum atomic E-state index is 12.5. The van der Waals surface area contributed by atoms with Gasteiger partial charge in [-0.2, -0.15) is 13.2 Å². The number of rotatable bonds is 2. The first-order valence-electron chi connectivity index (χ1n) is 6.50. The van der Waals surface area contributed by atoms with Gasteiger partial charge < -0.3 is 9.84 Å². The standard InChI is InChI=1S/C17H11F3O2/c18-17(19,20)13-3-7-15(8-4-13)22-16-6-2-11-9-14(21)5-1-12(11)10-16/h1-10,21H. The number of hydrogen-bond acceptors (Lipinski definition) is 2. The Morgan fingerprint density at radius 1 is 0.727 bits per heavy atom. The van der Waals surface area contributed by atoms with Crippen molar-refractivity contribution in [1.29, 1.82) is 0 Å². The van der Waals surface area contributed by atoms with E-state index in [9.17, 15) is 18.3 Å². The lowest BCUT2D eigenvalue weighted by atomic mass is 10.1. The minimum absolute atomic E-state index is 0.170. The molecule has 5 heteroatoms. The molecule has 1 N–H and O–H groups in total. The topological polar surface area (TPSA) is 29.5 Å². The zero-order valence-electron chi connectivity index (χ0n) is 11.3. The van der Waals surface area contributed by atoms with Crippen molar-refractivity contribution >= 4 is 10.8 Å². The molecule has 0 fully saturated rings. The number of benzene rings is 3. The van der Waals surface area contributed by atoms with E-state index in [2.05, 4.69) is 0 Å². The summed E-state index contributed by atoms with van der Waals surface area (Å²) in [6, 6.07) is 14.7. The Balaban J connectivity index is 1.85. The molecule has 0 spiro atoms. The van der Waals surface area contributed by atoms with Crippen LogP contribution >= 0.6 is 0 Å². The molecule has 3 rings (SSSR count). The average molecular weight is 304 g/mol. The third-order valence-electron chi connectivity index (χ3n) is 3.21. The zero-order chi connectivity index (χ0) is 15.7. The number of alkyl halides is 3. The SMILES string of the molecule is Oc1ccc2cc(Oc3ccc(C(F)(F)F)cc3)ccc2c1. The Morgan fingerprint density at radius 3 is 2.00 bits per heavy atom. The van der Waals surface area contributed by atoms with Crippen LogP contribution in [0.15, 0.2) is 60.7 Å².